The van der Waals surface area contributed by atoms with E-state index in [2.05, 4.69) is 0 Å². The van der Waals surface area contributed by atoms with Crippen molar-refractivity contribution in [1.82, 2.24) is 0 Å². The Kier molecular flexibility index (Phi) is 5.66. The molecular weight excluding hydrogens is 411 g/mol. The van der Waals surface area contributed by atoms with Crippen LogP contribution in [0.2, 0.25) is 10.0 Å². The highest BCUT2D eigenvalue weighted by Gasteiger charge is 2.27. The van der Waals surface area contributed by atoms with Crippen LogP contribution >= 0.6 is 23.2 Å². The summed E-state index contributed by atoms with van der Waals surface area (Å²) in [7, 11) is 0. The van der Waals surface area contributed by atoms with Gasteiger partial charge < -0.3 is 9.15 Å². The molecule has 0 N–H and O–H groups in total. The third kappa shape index (κ3) is 4.05. The van der Waals surface area contributed by atoms with Gasteiger partial charge in [-0.3, -0.25) is 9.59 Å². The van der Waals surface area contributed by atoms with Gasteiger partial charge in [0.2, 0.25) is 11.2 Å². The molecule has 1 aromatic heterocycles. The van der Waals surface area contributed by atoms with Gasteiger partial charge in [-0.25, -0.2) is 0 Å². The maximum Gasteiger partial charge on any atom is 0.314 e. The quantitative estimate of drug-likeness (QED) is 0.441. The number of aryl methyl sites for hydroxylation is 1. The van der Waals surface area contributed by atoms with E-state index >= 15 is 0 Å². The van der Waals surface area contributed by atoms with Crippen LogP contribution in [0.15, 0.2) is 45.6 Å². The summed E-state index contributed by atoms with van der Waals surface area (Å²) in [6, 6.07) is 10.1. The van der Waals surface area contributed by atoms with Crippen molar-refractivity contribution in [2.75, 3.05) is 0 Å². The molecule has 0 saturated heterocycles. The molecule has 0 unspecified atom stereocenters. The van der Waals surface area contributed by atoms with Crippen molar-refractivity contribution in [3.05, 3.63) is 62.2 Å². The Morgan fingerprint density at radius 1 is 1.07 bits per heavy atom. The topological polar surface area (TPSA) is 56.5 Å². The summed E-state index contributed by atoms with van der Waals surface area (Å²) in [6.45, 7) is 1.83. The van der Waals surface area contributed by atoms with Gasteiger partial charge in [0, 0.05) is 15.6 Å². The van der Waals surface area contributed by atoms with Crippen molar-refractivity contribution < 1.29 is 13.9 Å². The van der Waals surface area contributed by atoms with Crippen molar-refractivity contribution >= 4 is 40.1 Å². The normalized spacial score (nSPS) is 14.9. The zero-order valence-corrected chi connectivity index (χ0v) is 17.5. The predicted octanol–water partition coefficient (Wildman–Crippen LogP) is 6.56. The number of benzene rings is 2. The van der Waals surface area contributed by atoms with Crippen LogP contribution in [0.1, 0.15) is 37.7 Å². The fourth-order valence-electron chi connectivity index (χ4n) is 3.70. The first kappa shape index (κ1) is 20.0. The molecule has 6 heteroatoms. The van der Waals surface area contributed by atoms with Crippen molar-refractivity contribution in [2.45, 2.75) is 39.0 Å². The second-order valence-corrected chi connectivity index (χ2v) is 8.29. The van der Waals surface area contributed by atoms with E-state index in [4.69, 9.17) is 32.4 Å². The van der Waals surface area contributed by atoms with E-state index in [9.17, 15) is 9.59 Å². The summed E-state index contributed by atoms with van der Waals surface area (Å²) in [5, 5.41) is 1.29. The number of ether oxygens (including phenoxy) is 1. The highest BCUT2D eigenvalue weighted by Crippen LogP contribution is 2.34. The van der Waals surface area contributed by atoms with Gasteiger partial charge in [0.05, 0.1) is 11.3 Å². The Hall–Kier alpha value is -2.30. The lowest BCUT2D eigenvalue weighted by Crippen LogP contribution is -2.25. The van der Waals surface area contributed by atoms with Gasteiger partial charge in [-0.1, -0.05) is 42.5 Å². The summed E-state index contributed by atoms with van der Waals surface area (Å²) >= 11 is 12.2. The molecule has 0 spiro atoms. The molecule has 0 radical (unpaired) electrons. The smallest absolute Gasteiger partial charge is 0.314 e. The van der Waals surface area contributed by atoms with Gasteiger partial charge in [0.1, 0.15) is 5.58 Å². The molecule has 1 aliphatic carbocycles. The van der Waals surface area contributed by atoms with E-state index in [1.165, 1.54) is 0 Å². The first-order valence-electron chi connectivity index (χ1n) is 9.68. The first-order valence-corrected chi connectivity index (χ1v) is 10.4. The van der Waals surface area contributed by atoms with Crippen LogP contribution in [0.3, 0.4) is 0 Å². The van der Waals surface area contributed by atoms with Crippen LogP contribution in [0.25, 0.3) is 22.3 Å². The van der Waals surface area contributed by atoms with Gasteiger partial charge >= 0.3 is 5.97 Å². The number of carbonyl (C=O) groups is 1. The molecule has 150 valence electrons. The van der Waals surface area contributed by atoms with E-state index in [1.54, 1.807) is 36.4 Å². The lowest BCUT2D eigenvalue weighted by Gasteiger charge is -2.20. The Balaban J connectivity index is 1.87. The molecular formula is C23H20Cl2O4. The molecule has 1 heterocycles. The number of carbonyl (C=O) groups excluding carboxylic acids is 1. The molecule has 0 aliphatic heterocycles. The van der Waals surface area contributed by atoms with Gasteiger partial charge in [0.15, 0.2) is 5.76 Å². The summed E-state index contributed by atoms with van der Waals surface area (Å²) in [5.41, 5.74) is 1.37. The van der Waals surface area contributed by atoms with Crippen LogP contribution < -0.4 is 10.2 Å². The van der Waals surface area contributed by atoms with Gasteiger partial charge in [0.25, 0.3) is 0 Å². The van der Waals surface area contributed by atoms with Crippen LogP contribution in [0.4, 0.5) is 0 Å². The summed E-state index contributed by atoms with van der Waals surface area (Å²) in [6.07, 6.45) is 4.66. The van der Waals surface area contributed by atoms with Crippen molar-refractivity contribution in [3.63, 3.8) is 0 Å². The standard InChI is InChI=1S/C23H20Cl2O4/c1-13-11-19-17(12-18(13)25)20(26)22(29-23(27)15-5-3-2-4-6-15)21(28-19)14-7-9-16(24)10-8-14/h7-12,15H,2-6H2,1H3. The molecule has 0 atom stereocenters. The van der Waals surface area contributed by atoms with Gasteiger partial charge in [-0.15, -0.1) is 0 Å². The van der Waals surface area contributed by atoms with Crippen molar-refractivity contribution in [2.24, 2.45) is 5.92 Å². The van der Waals surface area contributed by atoms with E-state index in [0.29, 0.717) is 21.2 Å². The van der Waals surface area contributed by atoms with Crippen LogP contribution in [0.5, 0.6) is 5.75 Å². The summed E-state index contributed by atoms with van der Waals surface area (Å²) < 4.78 is 11.7. The fourth-order valence-corrected chi connectivity index (χ4v) is 3.99. The number of hydrogen-bond donors (Lipinski definition) is 0. The average molecular weight is 431 g/mol. The number of fused-ring (bicyclic) bond motifs is 1. The Labute approximate surface area is 178 Å². The average Bonchev–Trinajstić information content (AvgIpc) is 2.73. The van der Waals surface area contributed by atoms with Crippen molar-refractivity contribution in [1.29, 1.82) is 0 Å². The van der Waals surface area contributed by atoms with Gasteiger partial charge in [-0.2, -0.15) is 0 Å². The molecule has 1 aliphatic rings. The van der Waals surface area contributed by atoms with Crippen LogP contribution in [0, 0.1) is 12.8 Å². The molecule has 4 nitrogen and oxygen atoms in total. The van der Waals surface area contributed by atoms with E-state index in [0.717, 1.165) is 37.7 Å². The number of halogens is 2. The molecule has 1 fully saturated rings. The third-order valence-electron chi connectivity index (χ3n) is 5.38. The van der Waals surface area contributed by atoms with Crippen LogP contribution in [-0.4, -0.2) is 5.97 Å². The molecule has 4 rings (SSSR count). The van der Waals surface area contributed by atoms with Crippen LogP contribution in [-0.2, 0) is 4.79 Å². The molecule has 3 aromatic rings. The van der Waals surface area contributed by atoms with E-state index < -0.39 is 5.43 Å². The molecule has 2 aromatic carbocycles. The molecule has 1 saturated carbocycles. The number of rotatable bonds is 3. The Bertz CT molecular complexity index is 1130. The fraction of sp³-hybridized carbons (Fsp3) is 0.304. The maximum atomic E-state index is 13.2. The van der Waals surface area contributed by atoms with Gasteiger partial charge in [-0.05, 0) is 61.7 Å². The molecule has 0 amide bonds. The minimum absolute atomic E-state index is 0.102. The zero-order valence-electron chi connectivity index (χ0n) is 16.0. The Morgan fingerprint density at radius 2 is 1.76 bits per heavy atom. The molecule has 29 heavy (non-hydrogen) atoms. The molecule has 0 bridgehead atoms. The second-order valence-electron chi connectivity index (χ2n) is 7.45. The first-order chi connectivity index (χ1) is 13.9. The highest BCUT2D eigenvalue weighted by molar-refractivity contribution is 6.32. The highest BCUT2D eigenvalue weighted by atomic mass is 35.5. The third-order valence-corrected chi connectivity index (χ3v) is 6.04. The summed E-state index contributed by atoms with van der Waals surface area (Å²) in [4.78, 5) is 26.0. The Morgan fingerprint density at radius 3 is 2.45 bits per heavy atom. The maximum absolute atomic E-state index is 13.2. The minimum Gasteiger partial charge on any atom is -0.452 e. The van der Waals surface area contributed by atoms with E-state index in [1.807, 2.05) is 6.92 Å². The number of hydrogen-bond acceptors (Lipinski definition) is 4. The SMILES string of the molecule is Cc1cc2oc(-c3ccc(Cl)cc3)c(OC(=O)C3CCCCC3)c(=O)c2cc1Cl. The van der Waals surface area contributed by atoms with E-state index in [-0.39, 0.29) is 28.8 Å². The summed E-state index contributed by atoms with van der Waals surface area (Å²) in [5.74, 6) is -0.469. The second kappa shape index (κ2) is 8.21. The monoisotopic (exact) mass is 430 g/mol. The van der Waals surface area contributed by atoms with Crippen molar-refractivity contribution in [3.8, 4) is 17.1 Å². The zero-order chi connectivity index (χ0) is 20.5. The minimum atomic E-state index is -0.415. The lowest BCUT2D eigenvalue weighted by molar-refractivity contribution is -0.140. The lowest BCUT2D eigenvalue weighted by atomic mass is 9.89. The predicted molar refractivity (Wildman–Crippen MR) is 115 cm³/mol. The number of esters is 1. The largest absolute Gasteiger partial charge is 0.452 e.